The summed E-state index contributed by atoms with van der Waals surface area (Å²) >= 11 is 0. The highest BCUT2D eigenvalue weighted by Crippen LogP contribution is 2.33. The van der Waals surface area contributed by atoms with E-state index in [4.69, 9.17) is 9.72 Å². The van der Waals surface area contributed by atoms with Gasteiger partial charge in [-0.05, 0) is 48.2 Å². The van der Waals surface area contributed by atoms with Crippen molar-refractivity contribution in [2.75, 3.05) is 11.8 Å². The summed E-state index contributed by atoms with van der Waals surface area (Å²) in [6, 6.07) is 22.0. The van der Waals surface area contributed by atoms with Crippen LogP contribution in [0.4, 0.5) is 5.69 Å². The molecule has 0 aliphatic heterocycles. The molecule has 0 amide bonds. The van der Waals surface area contributed by atoms with Gasteiger partial charge in [0, 0.05) is 23.3 Å². The van der Waals surface area contributed by atoms with Crippen LogP contribution >= 0.6 is 0 Å². The third-order valence-electron chi connectivity index (χ3n) is 5.46. The zero-order valence-electron chi connectivity index (χ0n) is 17.6. The SMILES string of the molecule is COc1ccc(-c2cn3cccc(C)c3n2)cc1NS(=O)(=O)c1cccc2ccccc12. The Labute approximate surface area is 186 Å². The number of anilines is 1. The molecule has 0 atom stereocenters. The van der Waals surface area contributed by atoms with Gasteiger partial charge in [-0.2, -0.15) is 0 Å². The second-order valence-electron chi connectivity index (χ2n) is 7.55. The molecule has 3 aromatic carbocycles. The molecule has 0 bridgehead atoms. The number of nitrogens with one attached hydrogen (secondary N) is 1. The number of methoxy groups -OCH3 is 1. The minimum atomic E-state index is -3.86. The molecule has 5 rings (SSSR count). The smallest absolute Gasteiger partial charge is 0.262 e. The molecule has 0 spiro atoms. The van der Waals surface area contributed by atoms with E-state index in [9.17, 15) is 8.42 Å². The van der Waals surface area contributed by atoms with Crippen molar-refractivity contribution in [1.82, 2.24) is 9.38 Å². The van der Waals surface area contributed by atoms with Gasteiger partial charge in [0.05, 0.1) is 23.4 Å². The lowest BCUT2D eigenvalue weighted by Gasteiger charge is -2.14. The molecule has 0 unspecified atom stereocenters. The number of aromatic nitrogens is 2. The average Bonchev–Trinajstić information content (AvgIpc) is 3.24. The number of fused-ring (bicyclic) bond motifs is 2. The summed E-state index contributed by atoms with van der Waals surface area (Å²) in [6.45, 7) is 2.00. The molecular weight excluding hydrogens is 422 g/mol. The molecular formula is C25H21N3O3S. The monoisotopic (exact) mass is 443 g/mol. The lowest BCUT2D eigenvalue weighted by molar-refractivity contribution is 0.417. The highest BCUT2D eigenvalue weighted by molar-refractivity contribution is 7.93. The van der Waals surface area contributed by atoms with Gasteiger partial charge >= 0.3 is 0 Å². The van der Waals surface area contributed by atoms with Crippen LogP contribution in [-0.4, -0.2) is 24.9 Å². The van der Waals surface area contributed by atoms with Crippen molar-refractivity contribution < 1.29 is 13.2 Å². The fourth-order valence-corrected chi connectivity index (χ4v) is 5.16. The minimum absolute atomic E-state index is 0.214. The predicted octanol–water partition coefficient (Wildman–Crippen LogP) is 5.27. The lowest BCUT2D eigenvalue weighted by atomic mass is 10.1. The number of hydrogen-bond donors (Lipinski definition) is 1. The Hall–Kier alpha value is -3.84. The molecule has 0 aliphatic carbocycles. The Kier molecular flexibility index (Phi) is 4.83. The number of hydrogen-bond acceptors (Lipinski definition) is 4. The van der Waals surface area contributed by atoms with Crippen molar-refractivity contribution in [3.05, 3.63) is 90.8 Å². The van der Waals surface area contributed by atoms with Crippen LogP contribution in [0, 0.1) is 6.92 Å². The molecule has 0 saturated heterocycles. The van der Waals surface area contributed by atoms with Crippen molar-refractivity contribution in [1.29, 1.82) is 0 Å². The zero-order chi connectivity index (χ0) is 22.3. The summed E-state index contributed by atoms with van der Waals surface area (Å²) in [6.07, 6.45) is 3.86. The number of rotatable bonds is 5. The maximum Gasteiger partial charge on any atom is 0.262 e. The van der Waals surface area contributed by atoms with Crippen molar-refractivity contribution in [3.8, 4) is 17.0 Å². The summed E-state index contributed by atoms with van der Waals surface area (Å²) in [7, 11) is -2.35. The summed E-state index contributed by atoms with van der Waals surface area (Å²) in [5, 5.41) is 1.52. The van der Waals surface area contributed by atoms with Gasteiger partial charge in [-0.25, -0.2) is 13.4 Å². The Morgan fingerprint density at radius 3 is 2.59 bits per heavy atom. The number of imidazole rings is 1. The second kappa shape index (κ2) is 7.69. The molecule has 7 heteroatoms. The van der Waals surface area contributed by atoms with Gasteiger partial charge in [-0.1, -0.05) is 42.5 Å². The fourth-order valence-electron chi connectivity index (χ4n) is 3.87. The molecule has 160 valence electrons. The number of aryl methyl sites for hydroxylation is 1. The maximum atomic E-state index is 13.3. The first-order valence-corrected chi connectivity index (χ1v) is 11.6. The van der Waals surface area contributed by atoms with E-state index in [2.05, 4.69) is 4.72 Å². The first kappa shape index (κ1) is 20.1. The van der Waals surface area contributed by atoms with Gasteiger partial charge in [0.25, 0.3) is 10.0 Å². The van der Waals surface area contributed by atoms with Gasteiger partial charge in [0.15, 0.2) is 0 Å². The average molecular weight is 444 g/mol. The largest absolute Gasteiger partial charge is 0.495 e. The number of pyridine rings is 1. The summed E-state index contributed by atoms with van der Waals surface area (Å²) in [5.41, 5.74) is 3.80. The van der Waals surface area contributed by atoms with Crippen LogP contribution in [0.1, 0.15) is 5.56 Å². The number of ether oxygens (including phenoxy) is 1. The molecule has 2 aromatic heterocycles. The Morgan fingerprint density at radius 1 is 0.969 bits per heavy atom. The molecule has 1 N–H and O–H groups in total. The molecule has 0 saturated carbocycles. The predicted molar refractivity (Wildman–Crippen MR) is 127 cm³/mol. The quantitative estimate of drug-likeness (QED) is 0.402. The first-order valence-electron chi connectivity index (χ1n) is 10.1. The number of benzene rings is 3. The molecule has 32 heavy (non-hydrogen) atoms. The topological polar surface area (TPSA) is 72.7 Å². The van der Waals surface area contributed by atoms with Gasteiger partial charge in [0.1, 0.15) is 11.4 Å². The van der Waals surface area contributed by atoms with Crippen LogP contribution in [-0.2, 0) is 10.0 Å². The van der Waals surface area contributed by atoms with Crippen LogP contribution in [0.5, 0.6) is 5.75 Å². The first-order chi connectivity index (χ1) is 15.5. The maximum absolute atomic E-state index is 13.3. The van der Waals surface area contributed by atoms with E-state index < -0.39 is 10.0 Å². The van der Waals surface area contributed by atoms with Gasteiger partial charge in [-0.15, -0.1) is 0 Å². The third-order valence-corrected chi connectivity index (χ3v) is 6.88. The molecule has 6 nitrogen and oxygen atoms in total. The van der Waals surface area contributed by atoms with Crippen LogP contribution in [0.25, 0.3) is 27.7 Å². The standard InChI is InChI=1S/C25H21N3O3S/c1-17-7-6-14-28-16-22(26-25(17)28)19-12-13-23(31-2)21(15-19)27-32(29,30)24-11-5-9-18-8-3-4-10-20(18)24/h3-16,27H,1-2H3. The highest BCUT2D eigenvalue weighted by Gasteiger charge is 2.20. The van der Waals surface area contributed by atoms with Gasteiger partial charge in [-0.3, -0.25) is 4.72 Å². The van der Waals surface area contributed by atoms with E-state index >= 15 is 0 Å². The number of sulfonamides is 1. The van der Waals surface area contributed by atoms with Crippen LogP contribution < -0.4 is 9.46 Å². The Balaban J connectivity index is 1.59. The van der Waals surface area contributed by atoms with E-state index in [-0.39, 0.29) is 4.90 Å². The lowest BCUT2D eigenvalue weighted by Crippen LogP contribution is -2.14. The molecule has 0 radical (unpaired) electrons. The molecule has 0 fully saturated rings. The molecule has 0 aliphatic rings. The molecule has 2 heterocycles. The van der Waals surface area contributed by atoms with E-state index in [0.29, 0.717) is 16.8 Å². The third kappa shape index (κ3) is 3.46. The summed E-state index contributed by atoms with van der Waals surface area (Å²) in [5.74, 6) is 0.428. The normalized spacial score (nSPS) is 11.7. The zero-order valence-corrected chi connectivity index (χ0v) is 18.4. The second-order valence-corrected chi connectivity index (χ2v) is 9.20. The highest BCUT2D eigenvalue weighted by atomic mass is 32.2. The van der Waals surface area contributed by atoms with Crippen molar-refractivity contribution in [3.63, 3.8) is 0 Å². The van der Waals surface area contributed by atoms with Crippen LogP contribution in [0.2, 0.25) is 0 Å². The minimum Gasteiger partial charge on any atom is -0.495 e. The Morgan fingerprint density at radius 2 is 1.78 bits per heavy atom. The van der Waals surface area contributed by atoms with Gasteiger partial charge < -0.3 is 9.14 Å². The van der Waals surface area contributed by atoms with E-state index in [1.54, 1.807) is 30.3 Å². The Bertz CT molecular complexity index is 1570. The van der Waals surface area contributed by atoms with Crippen molar-refractivity contribution >= 4 is 32.1 Å². The molecule has 5 aromatic rings. The van der Waals surface area contributed by atoms with Crippen LogP contribution in [0.3, 0.4) is 0 Å². The van der Waals surface area contributed by atoms with Crippen LogP contribution in [0.15, 0.2) is 90.1 Å². The summed E-state index contributed by atoms with van der Waals surface area (Å²) < 4.78 is 36.8. The van der Waals surface area contributed by atoms with Crippen molar-refractivity contribution in [2.45, 2.75) is 11.8 Å². The number of nitrogens with zero attached hydrogens (tertiary/aromatic N) is 2. The van der Waals surface area contributed by atoms with E-state index in [0.717, 1.165) is 27.9 Å². The fraction of sp³-hybridized carbons (Fsp3) is 0.0800. The van der Waals surface area contributed by atoms with E-state index in [1.807, 2.05) is 66.2 Å². The van der Waals surface area contributed by atoms with Crippen molar-refractivity contribution in [2.24, 2.45) is 0 Å². The van der Waals surface area contributed by atoms with Gasteiger partial charge in [0.2, 0.25) is 0 Å². The summed E-state index contributed by atoms with van der Waals surface area (Å²) in [4.78, 5) is 4.93. The van der Waals surface area contributed by atoms with E-state index in [1.165, 1.54) is 7.11 Å².